The summed E-state index contributed by atoms with van der Waals surface area (Å²) in [5, 5.41) is 2.67. The first-order chi connectivity index (χ1) is 16.2. The second kappa shape index (κ2) is 9.30. The molecule has 0 heterocycles. The van der Waals surface area contributed by atoms with Crippen LogP contribution in [0, 0.1) is 6.92 Å². The Morgan fingerprint density at radius 2 is 1.82 bits per heavy atom. The molecule has 3 aromatic carbocycles. The Labute approximate surface area is 199 Å². The van der Waals surface area contributed by atoms with Gasteiger partial charge in [-0.05, 0) is 60.4 Å². The molecular formula is C26H26N2O5S. The summed E-state index contributed by atoms with van der Waals surface area (Å²) in [6, 6.07) is 18.4. The molecule has 1 amide bonds. The molecular weight excluding hydrogens is 452 g/mol. The van der Waals surface area contributed by atoms with Gasteiger partial charge in [0.25, 0.3) is 15.9 Å². The standard InChI is InChI=1S/C26H26N2O5S/c1-17-12-13-23(26-22(29)14-18(2)25(17)26)33-16-24(30)27-19-8-7-11-21(15-19)34(31,32)28(3)20-9-5-4-6-10-20/h4-13,15,18H,14,16H2,1-3H3,(H,27,30)/t18-/m0/s1. The van der Waals surface area contributed by atoms with Crippen molar-refractivity contribution in [3.8, 4) is 5.75 Å². The number of rotatable bonds is 7. The molecule has 0 saturated carbocycles. The van der Waals surface area contributed by atoms with Gasteiger partial charge in [-0.2, -0.15) is 0 Å². The summed E-state index contributed by atoms with van der Waals surface area (Å²) in [7, 11) is -2.34. The molecule has 0 bridgehead atoms. The number of nitrogens with one attached hydrogen (secondary N) is 1. The van der Waals surface area contributed by atoms with Crippen molar-refractivity contribution in [2.75, 3.05) is 23.3 Å². The second-order valence-electron chi connectivity index (χ2n) is 8.37. The number of nitrogens with zero attached hydrogens (tertiary/aromatic N) is 1. The largest absolute Gasteiger partial charge is 0.483 e. The normalized spacial score (nSPS) is 15.0. The number of fused-ring (bicyclic) bond motifs is 1. The molecule has 0 fully saturated rings. The molecule has 0 saturated heterocycles. The number of aryl methyl sites for hydroxylation is 1. The number of Topliss-reactive ketones (excluding diaryl/α,β-unsaturated/α-hetero) is 1. The van der Waals surface area contributed by atoms with Gasteiger partial charge in [0.2, 0.25) is 0 Å². The lowest BCUT2D eigenvalue weighted by atomic mass is 9.97. The molecule has 1 N–H and O–H groups in total. The lowest BCUT2D eigenvalue weighted by Crippen LogP contribution is -2.26. The van der Waals surface area contributed by atoms with Crippen molar-refractivity contribution in [1.82, 2.24) is 0 Å². The highest BCUT2D eigenvalue weighted by molar-refractivity contribution is 7.92. The van der Waals surface area contributed by atoms with Crippen molar-refractivity contribution in [2.24, 2.45) is 0 Å². The number of ketones is 1. The van der Waals surface area contributed by atoms with E-state index in [1.54, 1.807) is 42.5 Å². The molecule has 7 nitrogen and oxygen atoms in total. The summed E-state index contributed by atoms with van der Waals surface area (Å²) >= 11 is 0. The highest BCUT2D eigenvalue weighted by Crippen LogP contribution is 2.40. The zero-order chi connectivity index (χ0) is 24.5. The van der Waals surface area contributed by atoms with Crippen LogP contribution in [0.2, 0.25) is 0 Å². The maximum absolute atomic E-state index is 13.0. The number of carbonyl (C=O) groups is 2. The maximum atomic E-state index is 13.0. The van der Waals surface area contributed by atoms with Gasteiger partial charge in [0.1, 0.15) is 5.75 Å². The van der Waals surface area contributed by atoms with Crippen molar-refractivity contribution < 1.29 is 22.7 Å². The van der Waals surface area contributed by atoms with E-state index >= 15 is 0 Å². The van der Waals surface area contributed by atoms with Gasteiger partial charge in [0.15, 0.2) is 12.4 Å². The predicted molar refractivity (Wildman–Crippen MR) is 131 cm³/mol. The zero-order valence-electron chi connectivity index (χ0n) is 19.2. The molecule has 0 radical (unpaired) electrons. The monoisotopic (exact) mass is 478 g/mol. The van der Waals surface area contributed by atoms with E-state index < -0.39 is 15.9 Å². The average molecular weight is 479 g/mol. The fraction of sp³-hybridized carbons (Fsp3) is 0.231. The smallest absolute Gasteiger partial charge is 0.264 e. The number of hydrogen-bond acceptors (Lipinski definition) is 5. The van der Waals surface area contributed by atoms with Gasteiger partial charge in [0, 0.05) is 19.2 Å². The Balaban J connectivity index is 1.46. The van der Waals surface area contributed by atoms with Crippen LogP contribution in [0.15, 0.2) is 71.6 Å². The number of benzene rings is 3. The lowest BCUT2D eigenvalue weighted by molar-refractivity contribution is -0.118. The van der Waals surface area contributed by atoms with Gasteiger partial charge in [-0.1, -0.05) is 37.3 Å². The molecule has 0 unspecified atom stereocenters. The summed E-state index contributed by atoms with van der Waals surface area (Å²) in [4.78, 5) is 25.0. The third-order valence-corrected chi connectivity index (χ3v) is 7.72. The number of anilines is 2. The van der Waals surface area contributed by atoms with Crippen LogP contribution in [0.5, 0.6) is 5.75 Å². The molecule has 3 aromatic rings. The van der Waals surface area contributed by atoms with E-state index in [-0.39, 0.29) is 23.2 Å². The minimum Gasteiger partial charge on any atom is -0.483 e. The van der Waals surface area contributed by atoms with Crippen molar-refractivity contribution >= 4 is 33.1 Å². The Morgan fingerprint density at radius 1 is 1.09 bits per heavy atom. The quantitative estimate of drug-likeness (QED) is 0.539. The van der Waals surface area contributed by atoms with Gasteiger partial charge >= 0.3 is 0 Å². The SMILES string of the molecule is Cc1ccc(OCC(=O)Nc2cccc(S(=O)(=O)N(C)c3ccccc3)c2)c2c1[C@@H](C)CC2=O. The van der Waals surface area contributed by atoms with Crippen LogP contribution in [0.4, 0.5) is 11.4 Å². The molecule has 1 atom stereocenters. The van der Waals surface area contributed by atoms with E-state index in [0.717, 1.165) is 11.1 Å². The summed E-state index contributed by atoms with van der Waals surface area (Å²) in [6.45, 7) is 3.65. The predicted octanol–water partition coefficient (Wildman–Crippen LogP) is 4.53. The van der Waals surface area contributed by atoms with Crippen LogP contribution < -0.4 is 14.4 Å². The molecule has 176 valence electrons. The summed E-state index contributed by atoms with van der Waals surface area (Å²) < 4.78 is 32.9. The van der Waals surface area contributed by atoms with Crippen LogP contribution in [0.25, 0.3) is 0 Å². The highest BCUT2D eigenvalue weighted by atomic mass is 32.2. The van der Waals surface area contributed by atoms with Crippen LogP contribution in [0.3, 0.4) is 0 Å². The number of sulfonamides is 1. The van der Waals surface area contributed by atoms with Gasteiger partial charge in [-0.3, -0.25) is 13.9 Å². The van der Waals surface area contributed by atoms with E-state index in [9.17, 15) is 18.0 Å². The fourth-order valence-electron chi connectivity index (χ4n) is 4.24. The minimum atomic E-state index is -3.81. The van der Waals surface area contributed by atoms with Crippen molar-refractivity contribution in [1.29, 1.82) is 0 Å². The molecule has 0 aromatic heterocycles. The molecule has 1 aliphatic rings. The van der Waals surface area contributed by atoms with Crippen molar-refractivity contribution in [3.05, 3.63) is 83.4 Å². The topological polar surface area (TPSA) is 92.8 Å². The fourth-order valence-corrected chi connectivity index (χ4v) is 5.48. The van der Waals surface area contributed by atoms with E-state index in [2.05, 4.69) is 5.32 Å². The number of para-hydroxylation sites is 1. The van der Waals surface area contributed by atoms with Gasteiger partial charge in [-0.15, -0.1) is 0 Å². The molecule has 0 spiro atoms. The van der Waals surface area contributed by atoms with Gasteiger partial charge in [-0.25, -0.2) is 8.42 Å². The number of ether oxygens (including phenoxy) is 1. The zero-order valence-corrected chi connectivity index (χ0v) is 20.1. The molecule has 1 aliphatic carbocycles. The maximum Gasteiger partial charge on any atom is 0.264 e. The lowest BCUT2D eigenvalue weighted by Gasteiger charge is -2.20. The third-order valence-electron chi connectivity index (χ3n) is 5.94. The highest BCUT2D eigenvalue weighted by Gasteiger charge is 2.31. The van der Waals surface area contributed by atoms with E-state index in [1.807, 2.05) is 26.0 Å². The Bertz CT molecular complexity index is 1350. The van der Waals surface area contributed by atoms with Crippen LogP contribution in [-0.4, -0.2) is 33.8 Å². The first-order valence-corrected chi connectivity index (χ1v) is 12.4. The number of amides is 1. The van der Waals surface area contributed by atoms with Gasteiger partial charge < -0.3 is 10.1 Å². The molecule has 34 heavy (non-hydrogen) atoms. The van der Waals surface area contributed by atoms with Crippen LogP contribution in [0.1, 0.15) is 40.7 Å². The first kappa shape index (κ1) is 23.5. The number of carbonyl (C=O) groups excluding carboxylic acids is 2. The molecule has 0 aliphatic heterocycles. The van der Waals surface area contributed by atoms with Gasteiger partial charge in [0.05, 0.1) is 16.1 Å². The van der Waals surface area contributed by atoms with Crippen LogP contribution in [-0.2, 0) is 14.8 Å². The Kier molecular flexibility index (Phi) is 6.43. The summed E-state index contributed by atoms with van der Waals surface area (Å²) in [5.41, 5.74) is 3.42. The molecule has 4 rings (SSSR count). The van der Waals surface area contributed by atoms with E-state index in [4.69, 9.17) is 4.74 Å². The minimum absolute atomic E-state index is 0.0158. The first-order valence-electron chi connectivity index (χ1n) is 10.9. The molecule has 8 heteroatoms. The Hall–Kier alpha value is -3.65. The summed E-state index contributed by atoms with van der Waals surface area (Å²) in [5.74, 6) is 0.0744. The van der Waals surface area contributed by atoms with E-state index in [0.29, 0.717) is 29.1 Å². The van der Waals surface area contributed by atoms with E-state index in [1.165, 1.54) is 23.5 Å². The summed E-state index contributed by atoms with van der Waals surface area (Å²) in [6.07, 6.45) is 0.432. The third kappa shape index (κ3) is 4.54. The van der Waals surface area contributed by atoms with Crippen molar-refractivity contribution in [2.45, 2.75) is 31.1 Å². The van der Waals surface area contributed by atoms with Crippen LogP contribution >= 0.6 is 0 Å². The number of hydrogen-bond donors (Lipinski definition) is 1. The second-order valence-corrected chi connectivity index (χ2v) is 10.3. The van der Waals surface area contributed by atoms with Crippen molar-refractivity contribution in [3.63, 3.8) is 0 Å². The average Bonchev–Trinajstić information content (AvgIpc) is 3.13. The Morgan fingerprint density at radius 3 is 2.56 bits per heavy atom.